The van der Waals surface area contributed by atoms with Crippen molar-refractivity contribution in [3.8, 4) is 0 Å². The third kappa shape index (κ3) is 1.37. The van der Waals surface area contributed by atoms with Crippen LogP contribution in [-0.2, 0) is 29.8 Å². The van der Waals surface area contributed by atoms with Crippen molar-refractivity contribution in [1.82, 2.24) is 0 Å². The number of hydrogen-bond donors (Lipinski definition) is 0. The van der Waals surface area contributed by atoms with Crippen LogP contribution >= 0.6 is 0 Å². The monoisotopic (exact) mass is 236 g/mol. The van der Waals surface area contributed by atoms with Crippen molar-refractivity contribution >= 4 is 0 Å². The molecule has 0 fully saturated rings. The molecule has 4 rings (SSSR count). The van der Waals surface area contributed by atoms with E-state index in [4.69, 9.17) is 4.74 Å². The van der Waals surface area contributed by atoms with Gasteiger partial charge in [0, 0.05) is 6.42 Å². The molecule has 0 bridgehead atoms. The summed E-state index contributed by atoms with van der Waals surface area (Å²) < 4.78 is 6.21. The third-order valence-corrected chi connectivity index (χ3v) is 4.40. The van der Waals surface area contributed by atoms with Crippen LogP contribution in [-0.4, -0.2) is 0 Å². The maximum atomic E-state index is 6.21. The summed E-state index contributed by atoms with van der Waals surface area (Å²) in [6, 6.07) is 17.5. The molecule has 1 heterocycles. The van der Waals surface area contributed by atoms with Crippen LogP contribution in [0.4, 0.5) is 0 Å². The lowest BCUT2D eigenvalue weighted by Crippen LogP contribution is -2.32. The Morgan fingerprint density at radius 2 is 1.56 bits per heavy atom. The minimum absolute atomic E-state index is 0.0506. The highest BCUT2D eigenvalue weighted by atomic mass is 16.5. The smallest absolute Gasteiger partial charge is 0.0982 e. The number of ether oxygens (including phenoxy) is 1. The second-order valence-electron chi connectivity index (χ2n) is 5.39. The first-order valence-electron chi connectivity index (χ1n) is 6.67. The minimum Gasteiger partial charge on any atom is -0.365 e. The SMILES string of the molecule is c1ccc2c(c1)CC[C@]1(C2)OCc2ccccc21. The summed E-state index contributed by atoms with van der Waals surface area (Å²) in [6.45, 7) is 0.776. The largest absolute Gasteiger partial charge is 0.365 e. The Morgan fingerprint density at radius 1 is 0.833 bits per heavy atom. The Kier molecular flexibility index (Phi) is 2.12. The molecule has 1 atom stereocenters. The van der Waals surface area contributed by atoms with Gasteiger partial charge in [-0.2, -0.15) is 0 Å². The molecule has 0 amide bonds. The summed E-state index contributed by atoms with van der Waals surface area (Å²) in [7, 11) is 0. The molecule has 0 radical (unpaired) electrons. The number of fused-ring (bicyclic) bond motifs is 3. The molecule has 1 aliphatic carbocycles. The standard InChI is InChI=1S/C17H16O/c1-2-6-14-11-17(10-9-13(14)5-1)16-8-4-3-7-15(16)12-18-17/h1-8H,9-12H2/t17-/m1/s1. The molecule has 1 nitrogen and oxygen atoms in total. The summed E-state index contributed by atoms with van der Waals surface area (Å²) in [6.07, 6.45) is 3.27. The van der Waals surface area contributed by atoms with Gasteiger partial charge in [0.05, 0.1) is 12.2 Å². The van der Waals surface area contributed by atoms with Gasteiger partial charge in [0.1, 0.15) is 0 Å². The first kappa shape index (κ1) is 10.3. The van der Waals surface area contributed by atoms with Crippen LogP contribution in [0.5, 0.6) is 0 Å². The van der Waals surface area contributed by atoms with Crippen LogP contribution in [0.1, 0.15) is 28.7 Å². The van der Waals surface area contributed by atoms with Gasteiger partial charge >= 0.3 is 0 Å². The molecule has 0 aromatic heterocycles. The van der Waals surface area contributed by atoms with E-state index in [-0.39, 0.29) is 5.60 Å². The van der Waals surface area contributed by atoms with Crippen LogP contribution in [0.2, 0.25) is 0 Å². The van der Waals surface area contributed by atoms with Gasteiger partial charge in [-0.25, -0.2) is 0 Å². The molecule has 18 heavy (non-hydrogen) atoms. The van der Waals surface area contributed by atoms with Crippen LogP contribution in [0.25, 0.3) is 0 Å². The zero-order valence-electron chi connectivity index (χ0n) is 10.4. The molecule has 2 aliphatic rings. The molecule has 2 aromatic carbocycles. The summed E-state index contributed by atoms with van der Waals surface area (Å²) in [4.78, 5) is 0. The fourth-order valence-electron chi connectivity index (χ4n) is 3.44. The lowest BCUT2D eigenvalue weighted by atomic mass is 9.76. The number of hydrogen-bond acceptors (Lipinski definition) is 1. The highest BCUT2D eigenvalue weighted by Gasteiger charge is 2.42. The van der Waals surface area contributed by atoms with Crippen molar-refractivity contribution in [1.29, 1.82) is 0 Å². The van der Waals surface area contributed by atoms with Crippen molar-refractivity contribution in [2.75, 3.05) is 0 Å². The van der Waals surface area contributed by atoms with Crippen LogP contribution in [0, 0.1) is 0 Å². The van der Waals surface area contributed by atoms with Gasteiger partial charge in [-0.05, 0) is 35.1 Å². The summed E-state index contributed by atoms with van der Waals surface area (Å²) >= 11 is 0. The average molecular weight is 236 g/mol. The fourth-order valence-corrected chi connectivity index (χ4v) is 3.44. The van der Waals surface area contributed by atoms with E-state index in [1.807, 2.05) is 0 Å². The van der Waals surface area contributed by atoms with Gasteiger partial charge in [0.25, 0.3) is 0 Å². The van der Waals surface area contributed by atoms with Gasteiger partial charge in [-0.15, -0.1) is 0 Å². The second-order valence-corrected chi connectivity index (χ2v) is 5.39. The topological polar surface area (TPSA) is 9.23 Å². The molecule has 0 saturated carbocycles. The predicted molar refractivity (Wildman–Crippen MR) is 71.4 cm³/mol. The van der Waals surface area contributed by atoms with Gasteiger partial charge in [-0.1, -0.05) is 48.5 Å². The highest BCUT2D eigenvalue weighted by Crippen LogP contribution is 2.45. The molecule has 2 aromatic rings. The Morgan fingerprint density at radius 3 is 2.44 bits per heavy atom. The molecule has 1 aliphatic heterocycles. The number of aryl methyl sites for hydroxylation is 1. The van der Waals surface area contributed by atoms with E-state index in [9.17, 15) is 0 Å². The van der Waals surface area contributed by atoms with E-state index in [1.54, 1.807) is 0 Å². The second kappa shape index (κ2) is 3.69. The molecule has 0 saturated heterocycles. The molecule has 1 spiro atoms. The van der Waals surface area contributed by atoms with E-state index < -0.39 is 0 Å². The molecule has 0 unspecified atom stereocenters. The zero-order valence-corrected chi connectivity index (χ0v) is 10.4. The summed E-state index contributed by atoms with van der Waals surface area (Å²) in [5.74, 6) is 0. The van der Waals surface area contributed by atoms with Crippen molar-refractivity contribution < 1.29 is 4.74 Å². The van der Waals surface area contributed by atoms with Gasteiger partial charge < -0.3 is 4.74 Å². The average Bonchev–Trinajstić information content (AvgIpc) is 2.78. The van der Waals surface area contributed by atoms with E-state index in [0.29, 0.717) is 0 Å². The fraction of sp³-hybridized carbons (Fsp3) is 0.294. The molecule has 0 N–H and O–H groups in total. The van der Waals surface area contributed by atoms with Crippen molar-refractivity contribution in [2.45, 2.75) is 31.5 Å². The van der Waals surface area contributed by atoms with Crippen LogP contribution < -0.4 is 0 Å². The van der Waals surface area contributed by atoms with Crippen LogP contribution in [0.15, 0.2) is 48.5 Å². The third-order valence-electron chi connectivity index (χ3n) is 4.40. The van der Waals surface area contributed by atoms with Gasteiger partial charge in [0.2, 0.25) is 0 Å². The predicted octanol–water partition coefficient (Wildman–Crippen LogP) is 3.60. The van der Waals surface area contributed by atoms with E-state index in [1.165, 1.54) is 22.3 Å². The van der Waals surface area contributed by atoms with Crippen LogP contribution in [0.3, 0.4) is 0 Å². The number of rotatable bonds is 0. The Labute approximate surface area is 107 Å². The Bertz CT molecular complexity index is 602. The van der Waals surface area contributed by atoms with Crippen molar-refractivity contribution in [2.24, 2.45) is 0 Å². The van der Waals surface area contributed by atoms with E-state index in [2.05, 4.69) is 48.5 Å². The first-order valence-corrected chi connectivity index (χ1v) is 6.67. The zero-order chi connectivity index (χ0) is 12.0. The first-order chi connectivity index (χ1) is 8.87. The Balaban J connectivity index is 1.81. The van der Waals surface area contributed by atoms with E-state index >= 15 is 0 Å². The van der Waals surface area contributed by atoms with Crippen molar-refractivity contribution in [3.05, 3.63) is 70.8 Å². The molecular weight excluding hydrogens is 220 g/mol. The van der Waals surface area contributed by atoms with E-state index in [0.717, 1.165) is 25.9 Å². The lowest BCUT2D eigenvalue weighted by molar-refractivity contribution is -0.0480. The normalized spacial score (nSPS) is 24.9. The van der Waals surface area contributed by atoms with Gasteiger partial charge in [0.15, 0.2) is 0 Å². The molecular formula is C17H16O. The van der Waals surface area contributed by atoms with Crippen molar-refractivity contribution in [3.63, 3.8) is 0 Å². The molecule has 1 heteroatoms. The minimum atomic E-state index is -0.0506. The maximum Gasteiger partial charge on any atom is 0.0982 e. The maximum absolute atomic E-state index is 6.21. The lowest BCUT2D eigenvalue weighted by Gasteiger charge is -2.35. The summed E-state index contributed by atoms with van der Waals surface area (Å²) in [5, 5.41) is 0. The van der Waals surface area contributed by atoms with Gasteiger partial charge in [-0.3, -0.25) is 0 Å². The quantitative estimate of drug-likeness (QED) is 0.679. The number of benzene rings is 2. The molecule has 90 valence electrons. The summed E-state index contributed by atoms with van der Waals surface area (Å²) in [5.41, 5.74) is 5.69. The highest BCUT2D eigenvalue weighted by molar-refractivity contribution is 5.41. The Hall–Kier alpha value is -1.60.